The fraction of sp³-hybridized carbons (Fsp3) is 0.600. The van der Waals surface area contributed by atoms with Crippen molar-refractivity contribution in [2.24, 2.45) is 4.99 Å². The van der Waals surface area contributed by atoms with E-state index in [-0.39, 0.29) is 0 Å². The molecule has 0 atom stereocenters. The van der Waals surface area contributed by atoms with E-state index in [9.17, 15) is 0 Å². The molecule has 2 aromatic heterocycles. The first-order valence-electron chi connectivity index (χ1n) is 10.7. The van der Waals surface area contributed by atoms with Gasteiger partial charge < -0.3 is 14.8 Å². The number of aromatic nitrogens is 4. The summed E-state index contributed by atoms with van der Waals surface area (Å²) in [6.45, 7) is 5.89. The van der Waals surface area contributed by atoms with Gasteiger partial charge in [-0.3, -0.25) is 10.00 Å². The fourth-order valence-electron chi connectivity index (χ4n) is 4.44. The van der Waals surface area contributed by atoms with Crippen LogP contribution in [0.4, 0.5) is 11.8 Å². The Hall–Kier alpha value is -2.17. The molecule has 10 heteroatoms. The summed E-state index contributed by atoms with van der Waals surface area (Å²) < 4.78 is 8.73. The van der Waals surface area contributed by atoms with E-state index in [2.05, 4.69) is 35.1 Å². The highest BCUT2D eigenvalue weighted by Gasteiger charge is 2.27. The summed E-state index contributed by atoms with van der Waals surface area (Å²) in [7, 11) is 0. The van der Waals surface area contributed by atoms with Gasteiger partial charge in [0.2, 0.25) is 0 Å². The molecule has 2 aliphatic heterocycles. The third-order valence-electron chi connectivity index (χ3n) is 5.97. The lowest BCUT2D eigenvalue weighted by Crippen LogP contribution is -2.46. The van der Waals surface area contributed by atoms with Crippen molar-refractivity contribution in [2.45, 2.75) is 44.7 Å². The zero-order valence-electron chi connectivity index (χ0n) is 17.2. The summed E-state index contributed by atoms with van der Waals surface area (Å²) in [5, 5.41) is 10.9. The normalized spacial score (nSPS) is 27.1. The van der Waals surface area contributed by atoms with Crippen molar-refractivity contribution < 1.29 is 4.74 Å². The zero-order valence-corrected chi connectivity index (χ0v) is 18.0. The number of fused-ring (bicyclic) bond motifs is 1. The van der Waals surface area contributed by atoms with Crippen molar-refractivity contribution in [1.82, 2.24) is 29.8 Å². The van der Waals surface area contributed by atoms with Gasteiger partial charge in [0.05, 0.1) is 30.9 Å². The van der Waals surface area contributed by atoms with E-state index in [0.29, 0.717) is 18.0 Å². The maximum absolute atomic E-state index is 5.50. The molecular formula is C20H28N8OS. The van der Waals surface area contributed by atoms with Crippen LogP contribution in [0.25, 0.3) is 11.0 Å². The molecule has 1 saturated carbocycles. The van der Waals surface area contributed by atoms with Crippen LogP contribution in [0, 0.1) is 0 Å². The van der Waals surface area contributed by atoms with Crippen LogP contribution in [0.2, 0.25) is 0 Å². The SMILES string of the molecule is CC1=CC(=Nc2nc(NC3CCC(N4CCOCC4)CC3)c3[nH]ncc3n2)CSN1. The number of nitrogens with one attached hydrogen (secondary N) is 3. The number of ether oxygens (including phenoxy) is 1. The molecule has 3 aliphatic rings. The summed E-state index contributed by atoms with van der Waals surface area (Å²) in [5.41, 5.74) is 3.69. The molecule has 0 unspecified atom stereocenters. The van der Waals surface area contributed by atoms with Crippen molar-refractivity contribution in [3.05, 3.63) is 18.0 Å². The Morgan fingerprint density at radius 1 is 1.20 bits per heavy atom. The molecule has 0 spiro atoms. The number of aliphatic imine (C=N–C) groups is 1. The number of allylic oxidation sites excluding steroid dienone is 2. The minimum atomic E-state index is 0.403. The van der Waals surface area contributed by atoms with Gasteiger partial charge in [0.25, 0.3) is 5.95 Å². The lowest BCUT2D eigenvalue weighted by atomic mass is 9.90. The Morgan fingerprint density at radius 2 is 2.03 bits per heavy atom. The molecule has 9 nitrogen and oxygen atoms in total. The van der Waals surface area contributed by atoms with Gasteiger partial charge in [-0.1, -0.05) is 0 Å². The Bertz CT molecular complexity index is 943. The van der Waals surface area contributed by atoms with Gasteiger partial charge in [0.15, 0.2) is 5.82 Å². The average molecular weight is 429 g/mol. The first-order valence-corrected chi connectivity index (χ1v) is 11.7. The van der Waals surface area contributed by atoms with Crippen molar-refractivity contribution in [3.8, 4) is 0 Å². The number of morpholine rings is 1. The molecule has 1 saturated heterocycles. The monoisotopic (exact) mass is 428 g/mol. The highest BCUT2D eigenvalue weighted by Crippen LogP contribution is 2.28. The molecular weight excluding hydrogens is 400 g/mol. The Morgan fingerprint density at radius 3 is 2.83 bits per heavy atom. The van der Waals surface area contributed by atoms with Gasteiger partial charge in [0, 0.05) is 30.9 Å². The standard InChI is InChI=1S/C20H28N8OS/c1-13-10-15(12-30-27-13)23-20-24-17-11-21-26-18(17)19(25-20)22-14-2-4-16(5-3-14)28-6-8-29-9-7-28/h10-11,14,16,27H,2-9,12H2,1H3,(H,21,26)(H,22,24,25). The molecule has 30 heavy (non-hydrogen) atoms. The first kappa shape index (κ1) is 19.8. The van der Waals surface area contributed by atoms with Crippen molar-refractivity contribution in [2.75, 3.05) is 37.4 Å². The number of anilines is 1. The number of H-pyrrole nitrogens is 1. The maximum Gasteiger partial charge on any atom is 0.252 e. The van der Waals surface area contributed by atoms with Crippen LogP contribution in [0.15, 0.2) is 23.0 Å². The van der Waals surface area contributed by atoms with Crippen LogP contribution < -0.4 is 10.0 Å². The molecule has 160 valence electrons. The van der Waals surface area contributed by atoms with Gasteiger partial charge in [0.1, 0.15) is 11.0 Å². The van der Waals surface area contributed by atoms with Crippen molar-refractivity contribution in [1.29, 1.82) is 0 Å². The third-order valence-corrected chi connectivity index (χ3v) is 6.87. The third kappa shape index (κ3) is 4.45. The summed E-state index contributed by atoms with van der Waals surface area (Å²) >= 11 is 1.63. The van der Waals surface area contributed by atoms with E-state index in [1.807, 2.05) is 13.0 Å². The second-order valence-electron chi connectivity index (χ2n) is 8.12. The number of hydrogen-bond acceptors (Lipinski definition) is 9. The van der Waals surface area contributed by atoms with Crippen LogP contribution >= 0.6 is 11.9 Å². The highest BCUT2D eigenvalue weighted by molar-refractivity contribution is 7.98. The smallest absolute Gasteiger partial charge is 0.252 e. The number of nitrogens with zero attached hydrogens (tertiary/aromatic N) is 5. The topological polar surface area (TPSA) is 103 Å². The Labute approximate surface area is 180 Å². The van der Waals surface area contributed by atoms with Crippen LogP contribution in [-0.2, 0) is 4.74 Å². The molecule has 4 heterocycles. The number of rotatable bonds is 4. The predicted molar refractivity (Wildman–Crippen MR) is 120 cm³/mol. The summed E-state index contributed by atoms with van der Waals surface area (Å²) in [6.07, 6.45) is 8.46. The van der Waals surface area contributed by atoms with E-state index < -0.39 is 0 Å². The maximum atomic E-state index is 5.50. The largest absolute Gasteiger partial charge is 0.379 e. The van der Waals surface area contributed by atoms with Gasteiger partial charge in [-0.15, -0.1) is 0 Å². The van der Waals surface area contributed by atoms with E-state index in [1.165, 1.54) is 12.8 Å². The van der Waals surface area contributed by atoms with Gasteiger partial charge >= 0.3 is 0 Å². The summed E-state index contributed by atoms with van der Waals surface area (Å²) in [5.74, 6) is 2.07. The van der Waals surface area contributed by atoms with Gasteiger partial charge in [-0.25, -0.2) is 9.98 Å². The molecule has 0 aromatic carbocycles. The molecule has 1 aliphatic carbocycles. The van der Waals surface area contributed by atoms with E-state index in [0.717, 1.165) is 73.2 Å². The van der Waals surface area contributed by atoms with E-state index in [4.69, 9.17) is 9.72 Å². The summed E-state index contributed by atoms with van der Waals surface area (Å²) in [4.78, 5) is 16.6. The van der Waals surface area contributed by atoms with Crippen LogP contribution in [-0.4, -0.2) is 74.9 Å². The second-order valence-corrected chi connectivity index (χ2v) is 8.90. The molecule has 2 fully saturated rings. The minimum Gasteiger partial charge on any atom is -0.379 e. The first-order chi connectivity index (χ1) is 14.7. The van der Waals surface area contributed by atoms with E-state index in [1.54, 1.807) is 18.1 Å². The quantitative estimate of drug-likeness (QED) is 0.639. The fourth-order valence-corrected chi connectivity index (χ4v) is 5.10. The minimum absolute atomic E-state index is 0.403. The zero-order chi connectivity index (χ0) is 20.3. The van der Waals surface area contributed by atoms with Crippen molar-refractivity contribution >= 4 is 40.5 Å². The molecule has 0 amide bonds. The summed E-state index contributed by atoms with van der Waals surface area (Å²) in [6, 6.07) is 1.08. The van der Waals surface area contributed by atoms with Crippen LogP contribution in [0.3, 0.4) is 0 Å². The van der Waals surface area contributed by atoms with Crippen LogP contribution in [0.1, 0.15) is 32.6 Å². The highest BCUT2D eigenvalue weighted by atomic mass is 32.2. The lowest BCUT2D eigenvalue weighted by Gasteiger charge is -2.39. The van der Waals surface area contributed by atoms with Crippen molar-refractivity contribution in [3.63, 3.8) is 0 Å². The van der Waals surface area contributed by atoms with Gasteiger partial charge in [-0.05, 0) is 50.6 Å². The average Bonchev–Trinajstić information content (AvgIpc) is 3.24. The molecule has 0 bridgehead atoms. The Balaban J connectivity index is 1.30. The second kappa shape index (κ2) is 8.91. The Kier molecular flexibility index (Phi) is 5.87. The van der Waals surface area contributed by atoms with Gasteiger partial charge in [-0.2, -0.15) is 10.1 Å². The molecule has 5 rings (SSSR count). The predicted octanol–water partition coefficient (Wildman–Crippen LogP) is 2.64. The molecule has 0 radical (unpaired) electrons. The number of aromatic amines is 1. The molecule has 2 aromatic rings. The lowest BCUT2D eigenvalue weighted by molar-refractivity contribution is 0.00791. The van der Waals surface area contributed by atoms with Crippen LogP contribution in [0.5, 0.6) is 0 Å². The molecule has 3 N–H and O–H groups in total. The van der Waals surface area contributed by atoms with E-state index >= 15 is 0 Å². The number of hydrogen-bond donors (Lipinski definition) is 3.